The van der Waals surface area contributed by atoms with Crippen LogP contribution in [0.4, 0.5) is 4.39 Å². The first-order valence-electron chi connectivity index (χ1n) is 5.86. The van der Waals surface area contributed by atoms with Crippen molar-refractivity contribution >= 4 is 22.6 Å². The van der Waals surface area contributed by atoms with Crippen LogP contribution < -0.4 is 5.73 Å². The van der Waals surface area contributed by atoms with E-state index in [9.17, 15) is 4.39 Å². The maximum atomic E-state index is 13.2. The van der Waals surface area contributed by atoms with Gasteiger partial charge in [-0.1, -0.05) is 23.7 Å². The number of nitrogens with two attached hydrogens (primary N) is 1. The van der Waals surface area contributed by atoms with Crippen LogP contribution in [0.2, 0.25) is 5.02 Å². The minimum atomic E-state index is -0.307. The number of fused-ring (bicyclic) bond motifs is 1. The Kier molecular flexibility index (Phi) is 3.01. The van der Waals surface area contributed by atoms with E-state index in [-0.39, 0.29) is 12.4 Å². The molecule has 2 N–H and O–H groups in total. The lowest BCUT2D eigenvalue weighted by atomic mass is 10.0. The number of hydrogen-bond acceptors (Lipinski definition) is 2. The predicted octanol–water partition coefficient (Wildman–Crippen LogP) is 4.35. The highest BCUT2D eigenvalue weighted by atomic mass is 35.5. The van der Waals surface area contributed by atoms with Gasteiger partial charge in [-0.15, -0.1) is 0 Å². The normalized spacial score (nSPS) is 11.1. The molecular formula is C15H11ClFNO. The van der Waals surface area contributed by atoms with Gasteiger partial charge < -0.3 is 10.2 Å². The molecule has 0 bridgehead atoms. The van der Waals surface area contributed by atoms with Crippen molar-refractivity contribution in [1.29, 1.82) is 0 Å². The van der Waals surface area contributed by atoms with E-state index in [1.807, 2.05) is 18.2 Å². The Balaban J connectivity index is 2.22. The second-order valence-electron chi connectivity index (χ2n) is 4.27. The summed E-state index contributed by atoms with van der Waals surface area (Å²) in [6, 6.07) is 11.9. The van der Waals surface area contributed by atoms with Crippen molar-refractivity contribution in [2.45, 2.75) is 6.54 Å². The van der Waals surface area contributed by atoms with E-state index >= 15 is 0 Å². The Morgan fingerprint density at radius 3 is 2.74 bits per heavy atom. The molecule has 0 spiro atoms. The Bertz CT molecular complexity index is 751. The van der Waals surface area contributed by atoms with Crippen molar-refractivity contribution in [3.05, 3.63) is 58.9 Å². The molecular weight excluding hydrogens is 265 g/mol. The number of furan rings is 1. The summed E-state index contributed by atoms with van der Waals surface area (Å²) in [4.78, 5) is 0. The molecule has 19 heavy (non-hydrogen) atoms. The van der Waals surface area contributed by atoms with Gasteiger partial charge in [0.15, 0.2) is 5.58 Å². The van der Waals surface area contributed by atoms with Crippen LogP contribution in [0.5, 0.6) is 0 Å². The van der Waals surface area contributed by atoms with E-state index in [0.717, 1.165) is 10.9 Å². The molecule has 4 heteroatoms. The van der Waals surface area contributed by atoms with E-state index in [1.54, 1.807) is 12.1 Å². The van der Waals surface area contributed by atoms with Crippen molar-refractivity contribution in [2.24, 2.45) is 5.73 Å². The molecule has 96 valence electrons. The molecule has 0 atom stereocenters. The van der Waals surface area contributed by atoms with Crippen LogP contribution in [-0.4, -0.2) is 0 Å². The highest BCUT2D eigenvalue weighted by Gasteiger charge is 2.12. The quantitative estimate of drug-likeness (QED) is 0.755. The maximum Gasteiger partial charge on any atom is 0.153 e. The summed E-state index contributed by atoms with van der Waals surface area (Å²) in [6.45, 7) is 0.248. The standard InChI is InChI=1S/C15H11ClFNO/c16-13-3-1-2-9-7-14(19-15(9)13)12-5-4-11(17)6-10(12)8-18/h1-7H,8,18H2. The molecule has 0 saturated carbocycles. The lowest BCUT2D eigenvalue weighted by Gasteiger charge is -2.04. The summed E-state index contributed by atoms with van der Waals surface area (Å²) < 4.78 is 19.0. The maximum absolute atomic E-state index is 13.2. The SMILES string of the molecule is NCc1cc(F)ccc1-c1cc2cccc(Cl)c2o1. The van der Waals surface area contributed by atoms with Crippen LogP contribution in [0.15, 0.2) is 46.9 Å². The van der Waals surface area contributed by atoms with Crippen LogP contribution >= 0.6 is 11.6 Å². The molecule has 0 aliphatic carbocycles. The summed E-state index contributed by atoms with van der Waals surface area (Å²) in [5.41, 5.74) is 7.77. The third-order valence-electron chi connectivity index (χ3n) is 3.05. The van der Waals surface area contributed by atoms with Crippen molar-refractivity contribution in [3.63, 3.8) is 0 Å². The molecule has 0 saturated heterocycles. The Labute approximate surface area is 114 Å². The number of benzene rings is 2. The molecule has 3 aromatic rings. The van der Waals surface area contributed by atoms with Crippen molar-refractivity contribution < 1.29 is 8.81 Å². The fourth-order valence-corrected chi connectivity index (χ4v) is 2.35. The first kappa shape index (κ1) is 12.2. The molecule has 0 amide bonds. The molecule has 0 aliphatic rings. The van der Waals surface area contributed by atoms with Gasteiger partial charge in [-0.05, 0) is 35.9 Å². The van der Waals surface area contributed by atoms with Gasteiger partial charge in [-0.25, -0.2) is 4.39 Å². The molecule has 0 aliphatic heterocycles. The topological polar surface area (TPSA) is 39.2 Å². The van der Waals surface area contributed by atoms with E-state index in [2.05, 4.69) is 0 Å². The zero-order valence-corrected chi connectivity index (χ0v) is 10.7. The Hall–Kier alpha value is -1.84. The second kappa shape index (κ2) is 4.68. The van der Waals surface area contributed by atoms with E-state index in [1.165, 1.54) is 12.1 Å². The summed E-state index contributed by atoms with van der Waals surface area (Å²) in [5.74, 6) is 0.335. The molecule has 0 unspecified atom stereocenters. The number of rotatable bonds is 2. The molecule has 1 heterocycles. The summed E-state index contributed by atoms with van der Waals surface area (Å²) in [5, 5.41) is 1.47. The van der Waals surface area contributed by atoms with Crippen molar-refractivity contribution in [2.75, 3.05) is 0 Å². The summed E-state index contributed by atoms with van der Waals surface area (Å²) in [6.07, 6.45) is 0. The van der Waals surface area contributed by atoms with Gasteiger partial charge in [0, 0.05) is 17.5 Å². The minimum absolute atomic E-state index is 0.248. The molecule has 0 fully saturated rings. The van der Waals surface area contributed by atoms with Gasteiger partial charge in [0.1, 0.15) is 11.6 Å². The second-order valence-corrected chi connectivity index (χ2v) is 4.68. The fourth-order valence-electron chi connectivity index (χ4n) is 2.13. The predicted molar refractivity (Wildman–Crippen MR) is 74.5 cm³/mol. The van der Waals surface area contributed by atoms with Gasteiger partial charge in [-0.3, -0.25) is 0 Å². The van der Waals surface area contributed by atoms with E-state index in [4.69, 9.17) is 21.8 Å². The number of hydrogen-bond donors (Lipinski definition) is 1. The van der Waals surface area contributed by atoms with Crippen LogP contribution in [0, 0.1) is 5.82 Å². The molecule has 2 nitrogen and oxygen atoms in total. The first-order chi connectivity index (χ1) is 9.19. The van der Waals surface area contributed by atoms with Crippen LogP contribution in [0.3, 0.4) is 0 Å². The third-order valence-corrected chi connectivity index (χ3v) is 3.35. The summed E-state index contributed by atoms with van der Waals surface area (Å²) >= 11 is 6.08. The molecule has 1 aromatic heterocycles. The van der Waals surface area contributed by atoms with Gasteiger partial charge in [-0.2, -0.15) is 0 Å². The van der Waals surface area contributed by atoms with E-state index in [0.29, 0.717) is 21.9 Å². The van der Waals surface area contributed by atoms with Crippen LogP contribution in [-0.2, 0) is 6.54 Å². The highest BCUT2D eigenvalue weighted by molar-refractivity contribution is 6.34. The average Bonchev–Trinajstić information content (AvgIpc) is 2.83. The first-order valence-corrected chi connectivity index (χ1v) is 6.24. The molecule has 3 rings (SSSR count). The number of para-hydroxylation sites is 1. The van der Waals surface area contributed by atoms with Crippen molar-refractivity contribution in [3.8, 4) is 11.3 Å². The van der Waals surface area contributed by atoms with Gasteiger partial charge in [0.05, 0.1) is 5.02 Å². The van der Waals surface area contributed by atoms with E-state index < -0.39 is 0 Å². The summed E-state index contributed by atoms with van der Waals surface area (Å²) in [7, 11) is 0. The fraction of sp³-hybridized carbons (Fsp3) is 0.0667. The van der Waals surface area contributed by atoms with Crippen molar-refractivity contribution in [1.82, 2.24) is 0 Å². The van der Waals surface area contributed by atoms with Gasteiger partial charge in [0.25, 0.3) is 0 Å². The lowest BCUT2D eigenvalue weighted by molar-refractivity contribution is 0.620. The smallest absolute Gasteiger partial charge is 0.153 e. The lowest BCUT2D eigenvalue weighted by Crippen LogP contribution is -1.99. The Morgan fingerprint density at radius 1 is 1.16 bits per heavy atom. The van der Waals surface area contributed by atoms with Crippen LogP contribution in [0.1, 0.15) is 5.56 Å². The molecule has 2 aromatic carbocycles. The Morgan fingerprint density at radius 2 is 2.00 bits per heavy atom. The average molecular weight is 276 g/mol. The number of halogens is 2. The van der Waals surface area contributed by atoms with Gasteiger partial charge in [0.2, 0.25) is 0 Å². The zero-order valence-electron chi connectivity index (χ0n) is 9.99. The van der Waals surface area contributed by atoms with Gasteiger partial charge >= 0.3 is 0 Å². The largest absolute Gasteiger partial charge is 0.455 e. The highest BCUT2D eigenvalue weighted by Crippen LogP contribution is 2.33. The van der Waals surface area contributed by atoms with Crippen LogP contribution in [0.25, 0.3) is 22.3 Å². The third kappa shape index (κ3) is 2.11. The zero-order chi connectivity index (χ0) is 13.4. The minimum Gasteiger partial charge on any atom is -0.455 e. The molecule has 0 radical (unpaired) electrons. The monoisotopic (exact) mass is 275 g/mol.